The SMILES string of the molecule is CNC(N=c1cccc2sc3ccccc3cc1-2)n1c2ccccc2c2c(-c3ccc4c(c3)c3ccccc3n4-c3ccccc3)cccc21. The fourth-order valence-corrected chi connectivity index (χ4v) is 8.83. The molecule has 0 saturated heterocycles. The molecule has 0 saturated carbocycles. The minimum absolute atomic E-state index is 0.318. The van der Waals surface area contributed by atoms with Crippen molar-refractivity contribution >= 4 is 65.0 Å². The van der Waals surface area contributed by atoms with E-state index in [1.165, 1.54) is 69.9 Å². The third-order valence-corrected chi connectivity index (χ3v) is 11.1. The highest BCUT2D eigenvalue weighted by atomic mass is 32.1. The van der Waals surface area contributed by atoms with E-state index in [4.69, 9.17) is 4.99 Å². The second kappa shape index (κ2) is 11.6. The number of benzene rings is 7. The van der Waals surface area contributed by atoms with E-state index in [0.29, 0.717) is 0 Å². The monoisotopic (exact) mass is 660 g/mol. The van der Waals surface area contributed by atoms with Gasteiger partial charge in [-0.2, -0.15) is 0 Å². The molecule has 50 heavy (non-hydrogen) atoms. The van der Waals surface area contributed by atoms with Gasteiger partial charge in [0.05, 0.1) is 27.4 Å². The summed E-state index contributed by atoms with van der Waals surface area (Å²) < 4.78 is 6.01. The average molecular weight is 661 g/mol. The maximum absolute atomic E-state index is 5.42. The molecular weight excluding hydrogens is 629 g/mol. The molecule has 3 heterocycles. The fourth-order valence-electron chi connectivity index (χ4n) is 7.78. The smallest absolute Gasteiger partial charge is 0.180 e. The first-order valence-electron chi connectivity index (χ1n) is 17.0. The van der Waals surface area contributed by atoms with Crippen molar-refractivity contribution in [1.29, 1.82) is 0 Å². The Morgan fingerprint density at radius 1 is 0.560 bits per heavy atom. The molecule has 1 atom stereocenters. The van der Waals surface area contributed by atoms with Gasteiger partial charge >= 0.3 is 0 Å². The van der Waals surface area contributed by atoms with Crippen molar-refractivity contribution in [1.82, 2.24) is 14.5 Å². The van der Waals surface area contributed by atoms with E-state index in [-0.39, 0.29) is 6.29 Å². The van der Waals surface area contributed by atoms with Crippen LogP contribution in [0.5, 0.6) is 0 Å². The first-order chi connectivity index (χ1) is 24.8. The molecule has 1 N–H and O–H groups in total. The Bertz CT molecular complexity index is 2930. The number of para-hydroxylation sites is 3. The third-order valence-electron chi connectivity index (χ3n) is 9.98. The predicted molar refractivity (Wildman–Crippen MR) is 211 cm³/mol. The van der Waals surface area contributed by atoms with Gasteiger partial charge in [-0.1, -0.05) is 97.1 Å². The molecule has 0 amide bonds. The summed E-state index contributed by atoms with van der Waals surface area (Å²) in [5, 5.41) is 10.7. The molecule has 0 fully saturated rings. The molecule has 1 aliphatic carbocycles. The Kier molecular flexibility index (Phi) is 6.69. The van der Waals surface area contributed by atoms with Gasteiger partial charge in [-0.3, -0.25) is 5.32 Å². The summed E-state index contributed by atoms with van der Waals surface area (Å²) in [7, 11) is 2.00. The van der Waals surface area contributed by atoms with E-state index >= 15 is 0 Å². The molecule has 1 unspecified atom stereocenters. The first-order valence-corrected chi connectivity index (χ1v) is 17.8. The number of nitrogens with zero attached hydrogens (tertiary/aromatic N) is 3. The maximum Gasteiger partial charge on any atom is 0.180 e. The summed E-state index contributed by atoms with van der Waals surface area (Å²) in [6, 6.07) is 59.0. The van der Waals surface area contributed by atoms with Crippen LogP contribution in [-0.4, -0.2) is 16.2 Å². The van der Waals surface area contributed by atoms with Crippen molar-refractivity contribution in [2.45, 2.75) is 6.29 Å². The Morgan fingerprint density at radius 2 is 1.28 bits per heavy atom. The van der Waals surface area contributed by atoms with Crippen LogP contribution in [0, 0.1) is 0 Å². The van der Waals surface area contributed by atoms with Crippen molar-refractivity contribution in [3.8, 4) is 27.3 Å². The van der Waals surface area contributed by atoms with E-state index in [0.717, 1.165) is 16.4 Å². The zero-order chi connectivity index (χ0) is 33.2. The largest absolute Gasteiger partial charge is 0.309 e. The Morgan fingerprint density at radius 3 is 2.16 bits per heavy atom. The van der Waals surface area contributed by atoms with Gasteiger partial charge in [0.2, 0.25) is 0 Å². The summed E-state index contributed by atoms with van der Waals surface area (Å²) in [6.07, 6.45) is -0.318. The molecule has 2 aromatic heterocycles. The zero-order valence-corrected chi connectivity index (χ0v) is 28.2. The molecule has 0 bridgehead atoms. The average Bonchev–Trinajstić information content (AvgIpc) is 3.69. The van der Waals surface area contributed by atoms with Crippen LogP contribution < -0.4 is 10.7 Å². The van der Waals surface area contributed by atoms with Crippen molar-refractivity contribution in [3.63, 3.8) is 0 Å². The zero-order valence-electron chi connectivity index (χ0n) is 27.4. The summed E-state index contributed by atoms with van der Waals surface area (Å²) in [6.45, 7) is 0. The lowest BCUT2D eigenvalue weighted by Gasteiger charge is -2.18. The van der Waals surface area contributed by atoms with Gasteiger partial charge in [0.25, 0.3) is 0 Å². The molecule has 5 heteroatoms. The lowest BCUT2D eigenvalue weighted by Crippen LogP contribution is -2.24. The molecule has 0 radical (unpaired) electrons. The number of hydrogen-bond acceptors (Lipinski definition) is 3. The normalized spacial score (nSPS) is 13.0. The van der Waals surface area contributed by atoms with Crippen LogP contribution in [0.4, 0.5) is 0 Å². The first kappa shape index (κ1) is 29.0. The van der Waals surface area contributed by atoms with Gasteiger partial charge in [0.15, 0.2) is 6.29 Å². The molecule has 238 valence electrons. The molecule has 1 aliphatic heterocycles. The number of fused-ring (bicyclic) bond motifs is 8. The van der Waals surface area contributed by atoms with E-state index in [1.807, 2.05) is 18.4 Å². The highest BCUT2D eigenvalue weighted by molar-refractivity contribution is 7.21. The van der Waals surface area contributed by atoms with Crippen molar-refractivity contribution in [3.05, 3.63) is 169 Å². The van der Waals surface area contributed by atoms with Gasteiger partial charge in [-0.15, -0.1) is 11.3 Å². The molecule has 2 aliphatic rings. The molecule has 6 aromatic carbocycles. The van der Waals surface area contributed by atoms with Gasteiger partial charge in [-0.25, -0.2) is 4.99 Å². The lowest BCUT2D eigenvalue weighted by atomic mass is 9.98. The second-order valence-electron chi connectivity index (χ2n) is 12.8. The highest BCUT2D eigenvalue weighted by Gasteiger charge is 2.21. The minimum atomic E-state index is -0.318. The second-order valence-corrected chi connectivity index (χ2v) is 13.9. The Hall–Kier alpha value is -6.01. The van der Waals surface area contributed by atoms with E-state index < -0.39 is 0 Å². The maximum atomic E-state index is 5.42. The number of rotatable bonds is 5. The van der Waals surface area contributed by atoms with Crippen LogP contribution in [0.15, 0.2) is 169 Å². The molecule has 0 spiro atoms. The van der Waals surface area contributed by atoms with Crippen molar-refractivity contribution in [2.24, 2.45) is 4.99 Å². The highest BCUT2D eigenvalue weighted by Crippen LogP contribution is 2.41. The Balaban J connectivity index is 1.19. The number of hydrogen-bond donors (Lipinski definition) is 1. The standard InChI is InChI=1S/C45H32N4S/c1-46-45(47-37-19-12-24-43-36(37)28-30-13-5-10-23-42(30)50-43)49-39-21-9-7-17-34(39)44-32(18-11-22-41(44)49)29-25-26-40-35(27-29)33-16-6-8-20-38(33)48(40)31-14-3-2-4-15-31/h2-28,45-46H,1H3. The summed E-state index contributed by atoms with van der Waals surface area (Å²) in [5.74, 6) is 0. The lowest BCUT2D eigenvalue weighted by molar-refractivity contribution is 0.471. The summed E-state index contributed by atoms with van der Waals surface area (Å²) >= 11 is 1.81. The quantitative estimate of drug-likeness (QED) is 0.183. The van der Waals surface area contributed by atoms with Crippen molar-refractivity contribution < 1.29 is 0 Å². The van der Waals surface area contributed by atoms with Gasteiger partial charge < -0.3 is 9.13 Å². The van der Waals surface area contributed by atoms with Crippen LogP contribution in [0.25, 0.3) is 81.0 Å². The summed E-state index contributed by atoms with van der Waals surface area (Å²) in [5.41, 5.74) is 9.45. The van der Waals surface area contributed by atoms with Crippen LogP contribution in [0.3, 0.4) is 0 Å². The van der Waals surface area contributed by atoms with Crippen LogP contribution >= 0.6 is 11.3 Å². The van der Waals surface area contributed by atoms with Crippen LogP contribution in [0.2, 0.25) is 0 Å². The fraction of sp³-hybridized carbons (Fsp3) is 0.0444. The number of aromatic nitrogens is 2. The summed E-state index contributed by atoms with van der Waals surface area (Å²) in [4.78, 5) is 6.65. The molecular formula is C45H32N4S. The topological polar surface area (TPSA) is 34.2 Å². The number of nitrogens with one attached hydrogen (secondary N) is 1. The van der Waals surface area contributed by atoms with E-state index in [9.17, 15) is 0 Å². The minimum Gasteiger partial charge on any atom is -0.309 e. The van der Waals surface area contributed by atoms with Crippen molar-refractivity contribution in [2.75, 3.05) is 7.05 Å². The molecule has 10 rings (SSSR count). The van der Waals surface area contributed by atoms with Gasteiger partial charge in [0, 0.05) is 42.4 Å². The van der Waals surface area contributed by atoms with E-state index in [1.54, 1.807) is 0 Å². The van der Waals surface area contributed by atoms with Gasteiger partial charge in [-0.05, 0) is 90.3 Å². The third kappa shape index (κ3) is 4.44. The van der Waals surface area contributed by atoms with Gasteiger partial charge in [0.1, 0.15) is 0 Å². The van der Waals surface area contributed by atoms with Crippen LogP contribution in [0.1, 0.15) is 6.29 Å². The van der Waals surface area contributed by atoms with Crippen LogP contribution in [-0.2, 0) is 0 Å². The predicted octanol–water partition coefficient (Wildman–Crippen LogP) is 11.2. The molecule has 4 nitrogen and oxygen atoms in total. The van der Waals surface area contributed by atoms with E-state index in [2.05, 4.69) is 178 Å². The Labute approximate surface area is 293 Å². The molecule has 8 aromatic rings.